The van der Waals surface area contributed by atoms with Gasteiger partial charge >= 0.3 is 5.97 Å². The summed E-state index contributed by atoms with van der Waals surface area (Å²) in [5.74, 6) is -0.0526. The first-order valence-corrected chi connectivity index (χ1v) is 6.07. The van der Waals surface area contributed by atoms with E-state index in [2.05, 4.69) is 6.92 Å². The monoisotopic (exact) mass is 233 g/mol. The van der Waals surface area contributed by atoms with Crippen molar-refractivity contribution in [3.05, 3.63) is 42.0 Å². The van der Waals surface area contributed by atoms with Crippen LogP contribution in [0.3, 0.4) is 0 Å². The van der Waals surface area contributed by atoms with E-state index in [1.165, 1.54) is 6.42 Å². The number of carbonyl (C=O) groups is 1. The first-order valence-electron chi connectivity index (χ1n) is 6.07. The van der Waals surface area contributed by atoms with Crippen molar-refractivity contribution < 1.29 is 14.6 Å². The van der Waals surface area contributed by atoms with E-state index in [1.807, 2.05) is 6.07 Å². The van der Waals surface area contributed by atoms with Crippen LogP contribution in [0, 0.1) is 12.0 Å². The fraction of sp³-hybridized carbons (Fsp3) is 0.429. The molecule has 1 unspecified atom stereocenters. The smallest absolute Gasteiger partial charge is 0.292 e. The third-order valence-corrected chi connectivity index (χ3v) is 3.09. The Hall–Kier alpha value is -1.35. The zero-order valence-corrected chi connectivity index (χ0v) is 10.0. The standard InChI is InChI=1S/C14H17O3/c1-11-7-5-6-10-13(11)16-17-14(15)12-8-3-2-4-9-12/h2-4,8-9,11H,5-7,10H2,1H3. The van der Waals surface area contributed by atoms with Crippen molar-refractivity contribution in [1.29, 1.82) is 0 Å². The highest BCUT2D eigenvalue weighted by Crippen LogP contribution is 2.32. The quantitative estimate of drug-likeness (QED) is 0.592. The Balaban J connectivity index is 1.84. The number of benzene rings is 1. The van der Waals surface area contributed by atoms with Gasteiger partial charge in [-0.2, -0.15) is 4.89 Å². The molecule has 0 bridgehead atoms. The third-order valence-electron chi connectivity index (χ3n) is 3.09. The fourth-order valence-corrected chi connectivity index (χ4v) is 1.99. The average molecular weight is 233 g/mol. The molecule has 1 atom stereocenters. The molecule has 3 heteroatoms. The molecule has 91 valence electrons. The van der Waals surface area contributed by atoms with E-state index in [-0.39, 0.29) is 0 Å². The van der Waals surface area contributed by atoms with E-state index in [4.69, 9.17) is 9.78 Å². The summed E-state index contributed by atoms with van der Waals surface area (Å²) in [7, 11) is 0. The lowest BCUT2D eigenvalue weighted by Gasteiger charge is -2.25. The maximum absolute atomic E-state index is 11.6. The average Bonchev–Trinajstić information content (AvgIpc) is 2.38. The summed E-state index contributed by atoms with van der Waals surface area (Å²) in [6, 6.07) is 8.87. The van der Waals surface area contributed by atoms with Gasteiger partial charge in [0.05, 0.1) is 5.56 Å². The van der Waals surface area contributed by atoms with Crippen molar-refractivity contribution >= 4 is 5.97 Å². The second-order valence-corrected chi connectivity index (χ2v) is 4.43. The molecule has 1 radical (unpaired) electrons. The van der Waals surface area contributed by atoms with Gasteiger partial charge in [0, 0.05) is 0 Å². The molecule has 0 aromatic heterocycles. The Morgan fingerprint density at radius 3 is 2.71 bits per heavy atom. The third kappa shape index (κ3) is 3.30. The molecule has 1 aromatic rings. The highest BCUT2D eigenvalue weighted by atomic mass is 17.2. The molecule has 0 aliphatic heterocycles. The van der Waals surface area contributed by atoms with Crippen LogP contribution in [-0.4, -0.2) is 5.97 Å². The van der Waals surface area contributed by atoms with Crippen molar-refractivity contribution in [3.63, 3.8) is 0 Å². The summed E-state index contributed by atoms with van der Waals surface area (Å²) < 4.78 is 0. The minimum atomic E-state index is -0.434. The number of rotatable bonds is 3. The highest BCUT2D eigenvalue weighted by molar-refractivity contribution is 5.88. The van der Waals surface area contributed by atoms with Crippen molar-refractivity contribution in [2.45, 2.75) is 32.6 Å². The Labute approximate surface area is 102 Å². The lowest BCUT2D eigenvalue weighted by molar-refractivity contribution is -0.246. The molecule has 1 saturated carbocycles. The maximum Gasteiger partial charge on any atom is 0.373 e. The lowest BCUT2D eigenvalue weighted by atomic mass is 9.88. The minimum Gasteiger partial charge on any atom is -0.292 e. The number of hydrogen-bond donors (Lipinski definition) is 0. The van der Waals surface area contributed by atoms with Gasteiger partial charge in [-0.25, -0.2) is 4.79 Å². The highest BCUT2D eigenvalue weighted by Gasteiger charge is 2.25. The molecule has 17 heavy (non-hydrogen) atoms. The van der Waals surface area contributed by atoms with Gasteiger partial charge in [-0.3, -0.25) is 4.89 Å². The molecule has 1 aliphatic rings. The zero-order valence-electron chi connectivity index (χ0n) is 10.0. The molecule has 1 aromatic carbocycles. The van der Waals surface area contributed by atoms with Crippen LogP contribution in [0.2, 0.25) is 0 Å². The predicted octanol–water partition coefficient (Wildman–Crippen LogP) is 3.52. The second kappa shape index (κ2) is 5.82. The topological polar surface area (TPSA) is 35.5 Å². The molecule has 0 saturated heterocycles. The summed E-state index contributed by atoms with van der Waals surface area (Å²) in [6.45, 7) is 2.10. The van der Waals surface area contributed by atoms with Crippen LogP contribution >= 0.6 is 0 Å². The zero-order chi connectivity index (χ0) is 12.1. The molecule has 1 fully saturated rings. The first-order chi connectivity index (χ1) is 8.27. The first kappa shape index (κ1) is 12.1. The second-order valence-electron chi connectivity index (χ2n) is 4.43. The fourth-order valence-electron chi connectivity index (χ4n) is 1.99. The Bertz CT molecular complexity index is 361. The predicted molar refractivity (Wildman–Crippen MR) is 63.8 cm³/mol. The van der Waals surface area contributed by atoms with Gasteiger partial charge in [0.15, 0.2) is 6.10 Å². The molecule has 2 rings (SSSR count). The summed E-state index contributed by atoms with van der Waals surface area (Å²) >= 11 is 0. The Kier molecular flexibility index (Phi) is 4.15. The van der Waals surface area contributed by atoms with Crippen molar-refractivity contribution in [3.8, 4) is 0 Å². The minimum absolute atomic E-state index is 0.382. The van der Waals surface area contributed by atoms with Crippen LogP contribution in [0.4, 0.5) is 0 Å². The largest absolute Gasteiger partial charge is 0.373 e. The van der Waals surface area contributed by atoms with Gasteiger partial charge in [0.25, 0.3) is 0 Å². The van der Waals surface area contributed by atoms with Crippen LogP contribution in [0.5, 0.6) is 0 Å². The number of hydrogen-bond acceptors (Lipinski definition) is 3. The lowest BCUT2D eigenvalue weighted by Crippen LogP contribution is -2.19. The van der Waals surface area contributed by atoms with E-state index < -0.39 is 5.97 Å². The van der Waals surface area contributed by atoms with E-state index in [0.717, 1.165) is 25.4 Å². The van der Waals surface area contributed by atoms with Gasteiger partial charge in [-0.05, 0) is 30.9 Å². The van der Waals surface area contributed by atoms with Crippen LogP contribution < -0.4 is 0 Å². The Morgan fingerprint density at radius 1 is 1.24 bits per heavy atom. The van der Waals surface area contributed by atoms with E-state index in [9.17, 15) is 4.79 Å². The molecule has 0 amide bonds. The van der Waals surface area contributed by atoms with E-state index >= 15 is 0 Å². The molecule has 3 nitrogen and oxygen atoms in total. The van der Waals surface area contributed by atoms with Crippen molar-refractivity contribution in [2.24, 2.45) is 5.92 Å². The van der Waals surface area contributed by atoms with Crippen LogP contribution in [0.15, 0.2) is 30.3 Å². The maximum atomic E-state index is 11.6. The van der Waals surface area contributed by atoms with Gasteiger partial charge in [-0.1, -0.05) is 38.0 Å². The van der Waals surface area contributed by atoms with Gasteiger partial charge in [-0.15, -0.1) is 0 Å². The summed E-state index contributed by atoms with van der Waals surface area (Å²) in [5.41, 5.74) is 0.511. The normalized spacial score (nSPS) is 21.1. The van der Waals surface area contributed by atoms with Crippen LogP contribution in [0.1, 0.15) is 43.0 Å². The van der Waals surface area contributed by atoms with E-state index in [1.54, 1.807) is 24.3 Å². The van der Waals surface area contributed by atoms with Gasteiger partial charge < -0.3 is 0 Å². The van der Waals surface area contributed by atoms with Gasteiger partial charge in [0.2, 0.25) is 0 Å². The SMILES string of the molecule is CC1CCCC[C]1OOC(=O)c1ccccc1. The van der Waals surface area contributed by atoms with Gasteiger partial charge in [0.1, 0.15) is 0 Å². The summed E-state index contributed by atoms with van der Waals surface area (Å²) in [6.07, 6.45) is 5.23. The molecular weight excluding hydrogens is 216 g/mol. The molecule has 1 aliphatic carbocycles. The van der Waals surface area contributed by atoms with E-state index in [0.29, 0.717) is 11.5 Å². The summed E-state index contributed by atoms with van der Waals surface area (Å²) in [5, 5.41) is 0. The summed E-state index contributed by atoms with van der Waals surface area (Å²) in [4.78, 5) is 21.7. The number of carbonyl (C=O) groups excluding carboxylic acids is 1. The van der Waals surface area contributed by atoms with Crippen molar-refractivity contribution in [1.82, 2.24) is 0 Å². The molecule has 0 spiro atoms. The molecular formula is C14H17O3. The van der Waals surface area contributed by atoms with Crippen LogP contribution in [0.25, 0.3) is 0 Å². The van der Waals surface area contributed by atoms with Crippen LogP contribution in [-0.2, 0) is 9.78 Å². The molecule has 0 N–H and O–H groups in total. The molecule has 0 heterocycles. The Morgan fingerprint density at radius 2 is 2.00 bits per heavy atom. The van der Waals surface area contributed by atoms with Crippen molar-refractivity contribution in [2.75, 3.05) is 0 Å².